The van der Waals surface area contributed by atoms with Gasteiger partial charge in [0.2, 0.25) is 0 Å². The van der Waals surface area contributed by atoms with Crippen LogP contribution in [0.1, 0.15) is 39.2 Å². The minimum Gasteiger partial charge on any atom is -0.445 e. The summed E-state index contributed by atoms with van der Waals surface area (Å²) in [5, 5.41) is 2.89. The molecule has 2 heterocycles. The summed E-state index contributed by atoms with van der Waals surface area (Å²) >= 11 is 0. The molecule has 0 saturated carbocycles. The average molecular weight is 376 g/mol. The van der Waals surface area contributed by atoms with Crippen molar-refractivity contribution in [2.75, 3.05) is 19.7 Å². The lowest BCUT2D eigenvalue weighted by Crippen LogP contribution is -2.51. The third kappa shape index (κ3) is 4.91. The molecule has 1 spiro atoms. The van der Waals surface area contributed by atoms with Crippen LogP contribution in [0.3, 0.4) is 0 Å². The van der Waals surface area contributed by atoms with Gasteiger partial charge in [0.1, 0.15) is 17.8 Å². The van der Waals surface area contributed by atoms with Crippen LogP contribution in [0.25, 0.3) is 0 Å². The van der Waals surface area contributed by atoms with E-state index >= 15 is 0 Å². The second-order valence-electron chi connectivity index (χ2n) is 8.14. The Bertz CT molecular complexity index is 665. The molecule has 0 bridgehead atoms. The number of nitrogens with one attached hydrogen (secondary N) is 1. The number of carbonyl (C=O) groups is 2. The largest absolute Gasteiger partial charge is 0.445 e. The number of hydrogen-bond donors (Lipinski definition) is 1. The Morgan fingerprint density at radius 2 is 2.04 bits per heavy atom. The number of ether oxygens (including phenoxy) is 3. The molecule has 2 fully saturated rings. The summed E-state index contributed by atoms with van der Waals surface area (Å²) in [5.74, 6) is 0. The van der Waals surface area contributed by atoms with E-state index in [-0.39, 0.29) is 18.7 Å². The van der Waals surface area contributed by atoms with Gasteiger partial charge in [0.15, 0.2) is 0 Å². The van der Waals surface area contributed by atoms with E-state index < -0.39 is 17.3 Å². The summed E-state index contributed by atoms with van der Waals surface area (Å²) in [6, 6.07) is 9.18. The number of carbonyl (C=O) groups excluding carboxylic acids is 2. The molecule has 0 aliphatic carbocycles. The van der Waals surface area contributed by atoms with E-state index in [4.69, 9.17) is 14.2 Å². The van der Waals surface area contributed by atoms with Crippen LogP contribution in [0.5, 0.6) is 0 Å². The minimum atomic E-state index is -0.569. The number of rotatable bonds is 3. The normalized spacial score (nSPS) is 24.9. The van der Waals surface area contributed by atoms with Crippen LogP contribution in [0.2, 0.25) is 0 Å². The molecule has 1 aromatic carbocycles. The second kappa shape index (κ2) is 7.76. The number of nitrogens with zero attached hydrogens (tertiary/aromatic N) is 1. The number of benzene rings is 1. The molecular formula is C20H28N2O5. The van der Waals surface area contributed by atoms with Crippen LogP contribution >= 0.6 is 0 Å². The van der Waals surface area contributed by atoms with Gasteiger partial charge in [0, 0.05) is 13.2 Å². The van der Waals surface area contributed by atoms with Gasteiger partial charge in [0.25, 0.3) is 0 Å². The van der Waals surface area contributed by atoms with E-state index in [0.717, 1.165) is 18.4 Å². The molecule has 7 nitrogen and oxygen atoms in total. The summed E-state index contributed by atoms with van der Waals surface area (Å²) in [5.41, 5.74) is -0.217. The zero-order chi connectivity index (χ0) is 19.5. The first-order chi connectivity index (χ1) is 12.8. The fraction of sp³-hybridized carbons (Fsp3) is 0.600. The molecule has 2 atom stereocenters. The molecule has 0 aromatic heterocycles. The van der Waals surface area contributed by atoms with Crippen molar-refractivity contribution in [3.63, 3.8) is 0 Å². The smallest absolute Gasteiger partial charge is 0.410 e. The van der Waals surface area contributed by atoms with E-state index in [2.05, 4.69) is 5.32 Å². The Morgan fingerprint density at radius 1 is 1.30 bits per heavy atom. The Morgan fingerprint density at radius 3 is 2.67 bits per heavy atom. The fourth-order valence-corrected chi connectivity index (χ4v) is 3.55. The van der Waals surface area contributed by atoms with Crippen LogP contribution in [0, 0.1) is 0 Å². The Balaban J connectivity index is 1.60. The maximum absolute atomic E-state index is 12.4. The predicted molar refractivity (Wildman–Crippen MR) is 99.3 cm³/mol. The molecule has 2 amide bonds. The van der Waals surface area contributed by atoms with Gasteiger partial charge in [-0.3, -0.25) is 0 Å². The first kappa shape index (κ1) is 19.5. The van der Waals surface area contributed by atoms with Crippen molar-refractivity contribution in [2.45, 2.75) is 57.5 Å². The summed E-state index contributed by atoms with van der Waals surface area (Å²) < 4.78 is 16.8. The summed E-state index contributed by atoms with van der Waals surface area (Å²) in [6.07, 6.45) is 0.791. The SMILES string of the molecule is CC(C)(C)OC(=O)N1C[C@H](NC(=O)OCc2ccccc2)[C@]2(CCCO2)C1. The van der Waals surface area contributed by atoms with Gasteiger partial charge in [0.05, 0.1) is 12.6 Å². The molecule has 148 valence electrons. The zero-order valence-electron chi connectivity index (χ0n) is 16.2. The molecule has 27 heavy (non-hydrogen) atoms. The second-order valence-corrected chi connectivity index (χ2v) is 8.14. The molecule has 0 unspecified atom stereocenters. The highest BCUT2D eigenvalue weighted by molar-refractivity contribution is 5.71. The first-order valence-corrected chi connectivity index (χ1v) is 9.37. The summed E-state index contributed by atoms with van der Waals surface area (Å²) in [7, 11) is 0. The van der Waals surface area contributed by atoms with Gasteiger partial charge in [-0.15, -0.1) is 0 Å². The van der Waals surface area contributed by atoms with Gasteiger partial charge < -0.3 is 24.4 Å². The van der Waals surface area contributed by atoms with Crippen molar-refractivity contribution >= 4 is 12.2 Å². The maximum atomic E-state index is 12.4. The first-order valence-electron chi connectivity index (χ1n) is 9.37. The van der Waals surface area contributed by atoms with E-state index in [1.165, 1.54) is 0 Å². The van der Waals surface area contributed by atoms with Crippen molar-refractivity contribution in [3.05, 3.63) is 35.9 Å². The lowest BCUT2D eigenvalue weighted by molar-refractivity contribution is -0.0109. The van der Waals surface area contributed by atoms with Gasteiger partial charge >= 0.3 is 12.2 Å². The number of likely N-dealkylation sites (tertiary alicyclic amines) is 1. The standard InChI is InChI=1S/C20H28N2O5/c1-19(2,3)27-18(24)22-12-16(20(14-22)10-7-11-26-20)21-17(23)25-13-15-8-5-4-6-9-15/h4-6,8-9,16H,7,10-14H2,1-3H3,(H,21,23)/t16-,20-/m0/s1. The molecule has 2 aliphatic rings. The molecule has 2 saturated heterocycles. The zero-order valence-corrected chi connectivity index (χ0v) is 16.2. The lowest BCUT2D eigenvalue weighted by atomic mass is 9.94. The quantitative estimate of drug-likeness (QED) is 0.877. The number of hydrogen-bond acceptors (Lipinski definition) is 5. The van der Waals surface area contributed by atoms with Crippen LogP contribution in [-0.4, -0.2) is 54.0 Å². The Hall–Kier alpha value is -2.28. The Kier molecular flexibility index (Phi) is 5.60. The van der Waals surface area contributed by atoms with Gasteiger partial charge in [-0.2, -0.15) is 0 Å². The molecule has 1 N–H and O–H groups in total. The van der Waals surface area contributed by atoms with Crippen molar-refractivity contribution in [1.82, 2.24) is 10.2 Å². The number of amides is 2. The summed E-state index contributed by atoms with van der Waals surface area (Å²) in [4.78, 5) is 26.4. The molecule has 1 aromatic rings. The lowest BCUT2D eigenvalue weighted by Gasteiger charge is -2.29. The van der Waals surface area contributed by atoms with Crippen LogP contribution in [-0.2, 0) is 20.8 Å². The van der Waals surface area contributed by atoms with Crippen molar-refractivity contribution < 1.29 is 23.8 Å². The summed E-state index contributed by atoms with van der Waals surface area (Å²) in [6.45, 7) is 7.07. The van der Waals surface area contributed by atoms with Gasteiger partial charge in [-0.1, -0.05) is 30.3 Å². The maximum Gasteiger partial charge on any atom is 0.410 e. The Labute approximate surface area is 160 Å². The van der Waals surface area contributed by atoms with Crippen molar-refractivity contribution in [1.29, 1.82) is 0 Å². The minimum absolute atomic E-state index is 0.197. The number of alkyl carbamates (subject to hydrolysis) is 1. The fourth-order valence-electron chi connectivity index (χ4n) is 3.55. The van der Waals surface area contributed by atoms with Crippen LogP contribution in [0.15, 0.2) is 30.3 Å². The van der Waals surface area contributed by atoms with Gasteiger partial charge in [-0.05, 0) is 39.2 Å². The van der Waals surface area contributed by atoms with Crippen molar-refractivity contribution in [2.24, 2.45) is 0 Å². The molecular weight excluding hydrogens is 348 g/mol. The predicted octanol–water partition coefficient (Wildman–Crippen LogP) is 3.08. The third-order valence-corrected chi connectivity index (χ3v) is 4.79. The van der Waals surface area contributed by atoms with Crippen molar-refractivity contribution in [3.8, 4) is 0 Å². The molecule has 3 rings (SSSR count). The van der Waals surface area contributed by atoms with Crippen LogP contribution < -0.4 is 5.32 Å². The van der Waals surface area contributed by atoms with E-state index in [1.54, 1.807) is 4.90 Å². The molecule has 2 aliphatic heterocycles. The van der Waals surface area contributed by atoms with Gasteiger partial charge in [-0.25, -0.2) is 9.59 Å². The molecule has 7 heteroatoms. The monoisotopic (exact) mass is 376 g/mol. The van der Waals surface area contributed by atoms with E-state index in [9.17, 15) is 9.59 Å². The third-order valence-electron chi connectivity index (χ3n) is 4.79. The highest BCUT2D eigenvalue weighted by Gasteiger charge is 2.52. The highest BCUT2D eigenvalue weighted by atomic mass is 16.6. The van der Waals surface area contributed by atoms with E-state index in [1.807, 2.05) is 51.1 Å². The topological polar surface area (TPSA) is 77.1 Å². The highest BCUT2D eigenvalue weighted by Crippen LogP contribution is 2.36. The van der Waals surface area contributed by atoms with Crippen LogP contribution in [0.4, 0.5) is 9.59 Å². The molecule has 0 radical (unpaired) electrons. The van der Waals surface area contributed by atoms with E-state index in [0.29, 0.717) is 19.7 Å². The average Bonchev–Trinajstić information content (AvgIpc) is 3.21.